The summed E-state index contributed by atoms with van der Waals surface area (Å²) in [4.78, 5) is 23.7. The molecule has 0 aliphatic heterocycles. The fourth-order valence-corrected chi connectivity index (χ4v) is 2.46. The first-order valence-electron chi connectivity index (χ1n) is 6.52. The first-order chi connectivity index (χ1) is 11.6. The smallest absolute Gasteiger partial charge is 0.318 e. The number of amides is 2. The molecule has 2 amide bonds. The van der Waals surface area contributed by atoms with Gasteiger partial charge in [0, 0.05) is 10.7 Å². The van der Waals surface area contributed by atoms with Crippen LogP contribution in [0.5, 0.6) is 0 Å². The lowest BCUT2D eigenvalue weighted by molar-refractivity contribution is -0.137. The molecule has 0 radical (unpaired) electrons. The molecular formula is C15H8Cl3F3N2O2. The number of carbonyl (C=O) groups excluding carboxylic acids is 2. The number of anilines is 2. The zero-order valence-corrected chi connectivity index (χ0v) is 14.3. The van der Waals surface area contributed by atoms with Crippen LogP contribution in [0.25, 0.3) is 0 Å². The molecule has 10 heteroatoms. The van der Waals surface area contributed by atoms with Gasteiger partial charge in [-0.3, -0.25) is 9.59 Å². The number of hydrogen-bond acceptors (Lipinski definition) is 2. The van der Waals surface area contributed by atoms with Crippen LogP contribution in [0.2, 0.25) is 15.1 Å². The summed E-state index contributed by atoms with van der Waals surface area (Å²) >= 11 is 17.0. The Hall–Kier alpha value is -1.96. The molecule has 132 valence electrons. The summed E-state index contributed by atoms with van der Waals surface area (Å²) in [6.45, 7) is 0. The second kappa shape index (κ2) is 7.51. The molecule has 0 unspecified atom stereocenters. The van der Waals surface area contributed by atoms with E-state index >= 15 is 0 Å². The van der Waals surface area contributed by atoms with Gasteiger partial charge < -0.3 is 10.6 Å². The number of hydrogen-bond donors (Lipinski definition) is 2. The van der Waals surface area contributed by atoms with E-state index in [0.717, 1.165) is 12.1 Å². The average molecular weight is 412 g/mol. The Morgan fingerprint density at radius 3 is 2.08 bits per heavy atom. The van der Waals surface area contributed by atoms with E-state index < -0.39 is 28.6 Å². The monoisotopic (exact) mass is 410 g/mol. The summed E-state index contributed by atoms with van der Waals surface area (Å²) < 4.78 is 38.4. The van der Waals surface area contributed by atoms with Crippen molar-refractivity contribution in [2.45, 2.75) is 6.18 Å². The van der Waals surface area contributed by atoms with Gasteiger partial charge in [-0.2, -0.15) is 13.2 Å². The second-order valence-electron chi connectivity index (χ2n) is 4.72. The minimum absolute atomic E-state index is 0.0968. The van der Waals surface area contributed by atoms with Crippen LogP contribution in [0, 0.1) is 0 Å². The fourth-order valence-electron chi connectivity index (χ4n) is 1.78. The molecule has 2 rings (SSSR count). The fraction of sp³-hybridized carbons (Fsp3) is 0.0667. The van der Waals surface area contributed by atoms with Crippen molar-refractivity contribution in [3.8, 4) is 0 Å². The summed E-state index contributed by atoms with van der Waals surface area (Å²) in [6.07, 6.45) is -4.70. The molecule has 0 aliphatic carbocycles. The number of halogens is 6. The van der Waals surface area contributed by atoms with E-state index in [1.807, 2.05) is 0 Å². The Morgan fingerprint density at radius 2 is 1.48 bits per heavy atom. The molecule has 0 saturated heterocycles. The van der Waals surface area contributed by atoms with Crippen molar-refractivity contribution in [2.24, 2.45) is 0 Å². The average Bonchev–Trinajstić information content (AvgIpc) is 2.50. The van der Waals surface area contributed by atoms with Gasteiger partial charge >= 0.3 is 18.0 Å². The third kappa shape index (κ3) is 5.01. The van der Waals surface area contributed by atoms with Crippen LogP contribution in [-0.4, -0.2) is 11.8 Å². The summed E-state index contributed by atoms with van der Waals surface area (Å²) in [5, 5.41) is 4.18. The molecule has 2 aromatic carbocycles. The van der Waals surface area contributed by atoms with Crippen molar-refractivity contribution in [3.63, 3.8) is 0 Å². The molecule has 25 heavy (non-hydrogen) atoms. The first kappa shape index (κ1) is 19.4. The van der Waals surface area contributed by atoms with Gasteiger partial charge in [0.25, 0.3) is 0 Å². The number of rotatable bonds is 2. The standard InChI is InChI=1S/C15H8Cl3F3N2O2/c16-7-1-4-12(11(18)5-7)23-14(25)13(24)22-8-2-3-10(17)9(6-8)15(19,20)21/h1-6H,(H,22,24)(H,23,25). The Balaban J connectivity index is 2.12. The Kier molecular flexibility index (Phi) is 5.82. The summed E-state index contributed by atoms with van der Waals surface area (Å²) in [7, 11) is 0. The lowest BCUT2D eigenvalue weighted by Crippen LogP contribution is -2.29. The van der Waals surface area contributed by atoms with E-state index in [1.165, 1.54) is 18.2 Å². The molecule has 0 spiro atoms. The quantitative estimate of drug-likeness (QED) is 0.664. The second-order valence-corrected chi connectivity index (χ2v) is 5.98. The van der Waals surface area contributed by atoms with Crippen LogP contribution in [0.1, 0.15) is 5.56 Å². The van der Waals surface area contributed by atoms with E-state index in [4.69, 9.17) is 34.8 Å². The summed E-state index contributed by atoms with van der Waals surface area (Å²) in [5.74, 6) is -2.30. The SMILES string of the molecule is O=C(Nc1ccc(Cl)c(C(F)(F)F)c1)C(=O)Nc1ccc(Cl)cc1Cl. The normalized spacial score (nSPS) is 11.1. The number of benzene rings is 2. The zero-order chi connectivity index (χ0) is 18.8. The van der Waals surface area contributed by atoms with Gasteiger partial charge in [0.15, 0.2) is 0 Å². The largest absolute Gasteiger partial charge is 0.417 e. The number of carbonyl (C=O) groups is 2. The molecular weight excluding hydrogens is 404 g/mol. The minimum Gasteiger partial charge on any atom is -0.318 e. The van der Waals surface area contributed by atoms with Gasteiger partial charge in [-0.1, -0.05) is 34.8 Å². The van der Waals surface area contributed by atoms with E-state index in [2.05, 4.69) is 10.6 Å². The molecule has 0 aromatic heterocycles. The molecule has 0 saturated carbocycles. The highest BCUT2D eigenvalue weighted by molar-refractivity contribution is 6.45. The van der Waals surface area contributed by atoms with Crippen molar-refractivity contribution in [3.05, 3.63) is 57.0 Å². The van der Waals surface area contributed by atoms with Crippen molar-refractivity contribution in [1.29, 1.82) is 0 Å². The molecule has 4 nitrogen and oxygen atoms in total. The highest BCUT2D eigenvalue weighted by atomic mass is 35.5. The van der Waals surface area contributed by atoms with Crippen LogP contribution < -0.4 is 10.6 Å². The van der Waals surface area contributed by atoms with Crippen molar-refractivity contribution < 1.29 is 22.8 Å². The van der Waals surface area contributed by atoms with Gasteiger partial charge in [-0.15, -0.1) is 0 Å². The molecule has 0 aliphatic rings. The highest BCUT2D eigenvalue weighted by Gasteiger charge is 2.33. The third-order valence-corrected chi connectivity index (χ3v) is 3.79. The maximum Gasteiger partial charge on any atom is 0.417 e. The first-order valence-corrected chi connectivity index (χ1v) is 7.65. The Labute approximate surface area is 154 Å². The highest BCUT2D eigenvalue weighted by Crippen LogP contribution is 2.36. The predicted molar refractivity (Wildman–Crippen MR) is 90.2 cm³/mol. The Morgan fingerprint density at radius 1 is 0.840 bits per heavy atom. The van der Waals surface area contributed by atoms with Crippen molar-refractivity contribution >= 4 is 58.0 Å². The van der Waals surface area contributed by atoms with Crippen molar-refractivity contribution in [2.75, 3.05) is 10.6 Å². The maximum atomic E-state index is 12.8. The van der Waals surface area contributed by atoms with Gasteiger partial charge in [0.2, 0.25) is 0 Å². The molecule has 0 bridgehead atoms. The number of alkyl halides is 3. The molecule has 0 heterocycles. The molecule has 0 fully saturated rings. The van der Waals surface area contributed by atoms with Crippen molar-refractivity contribution in [1.82, 2.24) is 0 Å². The zero-order valence-electron chi connectivity index (χ0n) is 12.0. The van der Waals surface area contributed by atoms with E-state index in [0.29, 0.717) is 11.1 Å². The topological polar surface area (TPSA) is 58.2 Å². The lowest BCUT2D eigenvalue weighted by Gasteiger charge is -2.12. The minimum atomic E-state index is -4.70. The van der Waals surface area contributed by atoms with E-state index in [1.54, 1.807) is 0 Å². The molecule has 0 atom stereocenters. The van der Waals surface area contributed by atoms with E-state index in [-0.39, 0.29) is 16.4 Å². The summed E-state index contributed by atoms with van der Waals surface area (Å²) in [5.41, 5.74) is -1.24. The molecule has 2 aromatic rings. The molecule has 2 N–H and O–H groups in total. The van der Waals surface area contributed by atoms with Gasteiger partial charge in [-0.05, 0) is 36.4 Å². The summed E-state index contributed by atoms with van der Waals surface area (Å²) in [6, 6.07) is 6.90. The third-order valence-electron chi connectivity index (χ3n) is 2.92. The van der Waals surface area contributed by atoms with Crippen LogP contribution in [0.3, 0.4) is 0 Å². The van der Waals surface area contributed by atoms with Crippen LogP contribution in [0.15, 0.2) is 36.4 Å². The van der Waals surface area contributed by atoms with Crippen LogP contribution in [-0.2, 0) is 15.8 Å². The van der Waals surface area contributed by atoms with E-state index in [9.17, 15) is 22.8 Å². The predicted octanol–water partition coefficient (Wildman–Crippen LogP) is 5.24. The van der Waals surface area contributed by atoms with Gasteiger partial charge in [-0.25, -0.2) is 0 Å². The number of nitrogens with one attached hydrogen (secondary N) is 2. The lowest BCUT2D eigenvalue weighted by atomic mass is 10.2. The van der Waals surface area contributed by atoms with Crippen LogP contribution >= 0.6 is 34.8 Å². The maximum absolute atomic E-state index is 12.8. The van der Waals surface area contributed by atoms with Gasteiger partial charge in [0.05, 0.1) is 21.3 Å². The van der Waals surface area contributed by atoms with Gasteiger partial charge in [0.1, 0.15) is 0 Å². The Bertz CT molecular complexity index is 841. The van der Waals surface area contributed by atoms with Crippen LogP contribution in [0.4, 0.5) is 24.5 Å².